The molecule has 0 aliphatic heterocycles. The van der Waals surface area contributed by atoms with Gasteiger partial charge in [0.2, 0.25) is 5.96 Å². The van der Waals surface area contributed by atoms with E-state index in [1.807, 2.05) is 5.48 Å². The van der Waals surface area contributed by atoms with Crippen LogP contribution in [0, 0.1) is 5.41 Å². The number of rotatable bonds is 13. The molecule has 0 saturated carbocycles. The first-order valence-corrected chi connectivity index (χ1v) is 10.1. The molecular weight excluding hydrogens is 358 g/mol. The van der Waals surface area contributed by atoms with Gasteiger partial charge in [-0.3, -0.25) is 5.41 Å². The number of hydroxylamine groups is 1. The van der Waals surface area contributed by atoms with Gasteiger partial charge in [-0.1, -0.05) is 64.7 Å². The molecule has 28 heavy (non-hydrogen) atoms. The van der Waals surface area contributed by atoms with Gasteiger partial charge in [0, 0.05) is 0 Å². The number of guanidine groups is 1. The lowest BCUT2D eigenvalue weighted by Gasteiger charge is -2.07. The third-order valence-electron chi connectivity index (χ3n) is 4.34. The SMILES string of the molecule is CCCCCCCCCCCCOC(=O)c1ccc(C(=O)ONC(=N)N)cc1. The third kappa shape index (κ3) is 10.5. The summed E-state index contributed by atoms with van der Waals surface area (Å²) in [6.45, 7) is 2.63. The lowest BCUT2D eigenvalue weighted by molar-refractivity contribution is 0.0381. The van der Waals surface area contributed by atoms with Crippen molar-refractivity contribution in [2.24, 2.45) is 5.73 Å². The monoisotopic (exact) mass is 391 g/mol. The fraction of sp³-hybridized carbons (Fsp3) is 0.571. The van der Waals surface area contributed by atoms with Gasteiger partial charge in [0.05, 0.1) is 17.7 Å². The molecule has 0 aliphatic carbocycles. The zero-order chi connectivity index (χ0) is 20.6. The minimum Gasteiger partial charge on any atom is -0.462 e. The van der Waals surface area contributed by atoms with Gasteiger partial charge in [-0.2, -0.15) is 5.48 Å². The van der Waals surface area contributed by atoms with Crippen molar-refractivity contribution in [1.29, 1.82) is 5.41 Å². The lowest BCUT2D eigenvalue weighted by Crippen LogP contribution is -2.32. The number of unbranched alkanes of at least 4 members (excludes halogenated alkanes) is 9. The minimum atomic E-state index is -0.694. The number of esters is 1. The van der Waals surface area contributed by atoms with Gasteiger partial charge in [-0.05, 0) is 30.7 Å². The second-order valence-corrected chi connectivity index (χ2v) is 6.80. The number of hydrogen-bond acceptors (Lipinski definition) is 5. The Labute approximate surface area is 167 Å². The van der Waals surface area contributed by atoms with Crippen LogP contribution in [0.15, 0.2) is 24.3 Å². The van der Waals surface area contributed by atoms with Gasteiger partial charge in [0.15, 0.2) is 0 Å². The van der Waals surface area contributed by atoms with Gasteiger partial charge >= 0.3 is 11.9 Å². The average molecular weight is 392 g/mol. The molecule has 1 rings (SSSR count). The number of carbonyl (C=O) groups is 2. The summed E-state index contributed by atoms with van der Waals surface area (Å²) in [4.78, 5) is 28.2. The number of carbonyl (C=O) groups excluding carboxylic acids is 2. The molecule has 0 atom stereocenters. The third-order valence-corrected chi connectivity index (χ3v) is 4.34. The van der Waals surface area contributed by atoms with E-state index in [0.717, 1.165) is 12.8 Å². The zero-order valence-corrected chi connectivity index (χ0v) is 16.8. The van der Waals surface area contributed by atoms with Crippen molar-refractivity contribution in [1.82, 2.24) is 5.48 Å². The van der Waals surface area contributed by atoms with E-state index in [9.17, 15) is 9.59 Å². The van der Waals surface area contributed by atoms with Crippen LogP contribution in [0.5, 0.6) is 0 Å². The van der Waals surface area contributed by atoms with E-state index < -0.39 is 17.9 Å². The summed E-state index contributed by atoms with van der Waals surface area (Å²) in [5, 5.41) is 6.93. The normalized spacial score (nSPS) is 10.3. The molecule has 0 heterocycles. The Balaban J connectivity index is 2.13. The number of ether oxygens (including phenoxy) is 1. The number of nitrogens with two attached hydrogens (primary N) is 1. The molecule has 0 spiro atoms. The Morgan fingerprint density at radius 3 is 1.82 bits per heavy atom. The first kappa shape index (κ1) is 23.5. The first-order valence-electron chi connectivity index (χ1n) is 10.1. The summed E-state index contributed by atoms with van der Waals surface area (Å²) in [5.41, 5.74) is 7.61. The molecule has 0 amide bonds. The molecule has 4 N–H and O–H groups in total. The molecular formula is C21H33N3O4. The standard InChI is InChI=1S/C21H33N3O4/c1-2-3-4-5-6-7-8-9-10-11-16-27-19(25)17-12-14-18(15-13-17)20(26)28-24-21(22)23/h12-15H,2-11,16H2,1H3,(H4,22,23,24). The van der Waals surface area contributed by atoms with Crippen molar-refractivity contribution in [3.8, 4) is 0 Å². The van der Waals surface area contributed by atoms with E-state index in [1.165, 1.54) is 75.6 Å². The number of benzene rings is 1. The predicted octanol–water partition coefficient (Wildman–Crippen LogP) is 4.32. The summed E-state index contributed by atoms with van der Waals surface area (Å²) in [7, 11) is 0. The van der Waals surface area contributed by atoms with Gasteiger partial charge in [-0.25, -0.2) is 9.59 Å². The maximum atomic E-state index is 12.0. The lowest BCUT2D eigenvalue weighted by atomic mass is 10.1. The Bertz CT molecular complexity index is 602. The summed E-state index contributed by atoms with van der Waals surface area (Å²) in [6, 6.07) is 5.93. The van der Waals surface area contributed by atoms with Crippen molar-refractivity contribution < 1.29 is 19.2 Å². The average Bonchev–Trinajstić information content (AvgIpc) is 2.70. The molecule has 0 fully saturated rings. The first-order chi connectivity index (χ1) is 13.5. The van der Waals surface area contributed by atoms with Crippen LogP contribution in [0.4, 0.5) is 0 Å². The van der Waals surface area contributed by atoms with Crippen molar-refractivity contribution in [3.63, 3.8) is 0 Å². The van der Waals surface area contributed by atoms with Crippen LogP contribution in [0.3, 0.4) is 0 Å². The topological polar surface area (TPSA) is 115 Å². The van der Waals surface area contributed by atoms with Crippen molar-refractivity contribution in [3.05, 3.63) is 35.4 Å². The van der Waals surface area contributed by atoms with Gasteiger partial charge in [-0.15, -0.1) is 0 Å². The summed E-state index contributed by atoms with van der Waals surface area (Å²) in [5.74, 6) is -1.57. The molecule has 7 heteroatoms. The fourth-order valence-electron chi connectivity index (χ4n) is 2.74. The molecule has 0 radical (unpaired) electrons. The summed E-state index contributed by atoms with van der Waals surface area (Å²) < 4.78 is 5.27. The molecule has 1 aromatic rings. The van der Waals surface area contributed by atoms with Crippen LogP contribution < -0.4 is 11.2 Å². The van der Waals surface area contributed by atoms with Crippen molar-refractivity contribution in [2.75, 3.05) is 6.61 Å². The second-order valence-electron chi connectivity index (χ2n) is 6.80. The molecule has 0 aliphatic rings. The number of nitrogens with one attached hydrogen (secondary N) is 2. The van der Waals surface area contributed by atoms with E-state index in [1.54, 1.807) is 0 Å². The van der Waals surface area contributed by atoms with Crippen molar-refractivity contribution in [2.45, 2.75) is 71.1 Å². The van der Waals surface area contributed by atoms with Crippen molar-refractivity contribution >= 4 is 17.9 Å². The Hall–Kier alpha value is -2.57. The fourth-order valence-corrected chi connectivity index (χ4v) is 2.74. The van der Waals surface area contributed by atoms with E-state index in [0.29, 0.717) is 12.2 Å². The Kier molecular flexibility index (Phi) is 12.1. The molecule has 0 unspecified atom stereocenters. The van der Waals surface area contributed by atoms with Gasteiger partial charge in [0.1, 0.15) is 0 Å². The molecule has 156 valence electrons. The predicted molar refractivity (Wildman–Crippen MR) is 109 cm³/mol. The zero-order valence-electron chi connectivity index (χ0n) is 16.8. The van der Waals surface area contributed by atoms with Crippen LogP contribution >= 0.6 is 0 Å². The van der Waals surface area contributed by atoms with Gasteiger partial charge < -0.3 is 15.3 Å². The van der Waals surface area contributed by atoms with E-state index >= 15 is 0 Å². The Morgan fingerprint density at radius 2 is 1.32 bits per heavy atom. The second kappa shape index (κ2) is 14.5. The smallest absolute Gasteiger partial charge is 0.362 e. The minimum absolute atomic E-state index is 0.236. The number of hydrogen-bond donors (Lipinski definition) is 3. The highest BCUT2D eigenvalue weighted by molar-refractivity contribution is 5.93. The van der Waals surface area contributed by atoms with Gasteiger partial charge in [0.25, 0.3) is 0 Å². The van der Waals surface area contributed by atoms with Crippen LogP contribution in [-0.4, -0.2) is 24.5 Å². The molecule has 0 aromatic heterocycles. The van der Waals surface area contributed by atoms with Crippen LogP contribution in [0.2, 0.25) is 0 Å². The van der Waals surface area contributed by atoms with Crippen LogP contribution in [-0.2, 0) is 9.57 Å². The highest BCUT2D eigenvalue weighted by Crippen LogP contribution is 2.11. The molecule has 7 nitrogen and oxygen atoms in total. The molecule has 0 bridgehead atoms. The maximum Gasteiger partial charge on any atom is 0.362 e. The Morgan fingerprint density at radius 1 is 0.857 bits per heavy atom. The maximum absolute atomic E-state index is 12.0. The highest BCUT2D eigenvalue weighted by Gasteiger charge is 2.11. The van der Waals surface area contributed by atoms with E-state index in [-0.39, 0.29) is 5.56 Å². The molecule has 1 aromatic carbocycles. The molecule has 0 saturated heterocycles. The summed E-state index contributed by atoms with van der Waals surface area (Å²) >= 11 is 0. The quantitative estimate of drug-likeness (QED) is 0.152. The van der Waals surface area contributed by atoms with Crippen LogP contribution in [0.25, 0.3) is 0 Å². The highest BCUT2D eigenvalue weighted by atomic mass is 16.7. The van der Waals surface area contributed by atoms with E-state index in [4.69, 9.17) is 15.9 Å². The van der Waals surface area contributed by atoms with E-state index in [2.05, 4.69) is 11.8 Å². The summed E-state index contributed by atoms with van der Waals surface area (Å²) in [6.07, 6.45) is 12.3. The largest absolute Gasteiger partial charge is 0.462 e. The van der Waals surface area contributed by atoms with Crippen LogP contribution in [0.1, 0.15) is 91.8 Å².